The van der Waals surface area contributed by atoms with Crippen molar-refractivity contribution in [1.29, 1.82) is 0 Å². The molecule has 0 aliphatic carbocycles. The number of aldehydes is 1. The molecule has 1 saturated heterocycles. The van der Waals surface area contributed by atoms with Crippen molar-refractivity contribution in [2.24, 2.45) is 0 Å². The maximum absolute atomic E-state index is 11.5. The fourth-order valence-electron chi connectivity index (χ4n) is 1.56. The summed E-state index contributed by atoms with van der Waals surface area (Å²) in [5.74, 6) is -0.0655. The van der Waals surface area contributed by atoms with Crippen LogP contribution in [0.15, 0.2) is 24.3 Å². The van der Waals surface area contributed by atoms with E-state index in [0.717, 1.165) is 12.0 Å². The first-order valence-corrected chi connectivity index (χ1v) is 4.74. The van der Waals surface area contributed by atoms with E-state index >= 15 is 0 Å². The third kappa shape index (κ3) is 2.05. The van der Waals surface area contributed by atoms with Crippen LogP contribution < -0.4 is 4.90 Å². The first-order chi connectivity index (χ1) is 7.31. The molecule has 0 aromatic heterocycles. The Balaban J connectivity index is 2.27. The molecule has 1 amide bonds. The van der Waals surface area contributed by atoms with Gasteiger partial charge in [0.1, 0.15) is 12.9 Å². The van der Waals surface area contributed by atoms with Crippen LogP contribution in [0.1, 0.15) is 10.4 Å². The summed E-state index contributed by atoms with van der Waals surface area (Å²) in [5.41, 5.74) is 1.33. The molecule has 1 heterocycles. The largest absolute Gasteiger partial charge is 0.370 e. The number of hydrogen-bond donors (Lipinski definition) is 0. The molecule has 1 fully saturated rings. The predicted molar refractivity (Wildman–Crippen MR) is 55.0 cm³/mol. The number of nitrogens with zero attached hydrogens (tertiary/aromatic N) is 1. The zero-order valence-corrected chi connectivity index (χ0v) is 8.18. The number of benzene rings is 1. The van der Waals surface area contributed by atoms with Gasteiger partial charge in [-0.2, -0.15) is 0 Å². The van der Waals surface area contributed by atoms with Crippen LogP contribution >= 0.6 is 0 Å². The van der Waals surface area contributed by atoms with E-state index in [9.17, 15) is 9.59 Å². The summed E-state index contributed by atoms with van der Waals surface area (Å²) in [6.45, 7) is 1.20. The minimum atomic E-state index is -0.0655. The van der Waals surface area contributed by atoms with Crippen LogP contribution in [-0.4, -0.2) is 32.0 Å². The minimum absolute atomic E-state index is 0.0655. The highest BCUT2D eigenvalue weighted by molar-refractivity contribution is 5.95. The molecule has 0 bridgehead atoms. The van der Waals surface area contributed by atoms with E-state index < -0.39 is 0 Å². The standard InChI is InChI=1S/C11H11NO3/c13-7-9-2-1-3-10(6-9)12-4-5-15-8-11(12)14/h1-3,6-7H,4-5,8H2. The number of amides is 1. The van der Waals surface area contributed by atoms with Gasteiger partial charge in [-0.1, -0.05) is 12.1 Å². The van der Waals surface area contributed by atoms with Crippen LogP contribution in [0.5, 0.6) is 0 Å². The van der Waals surface area contributed by atoms with E-state index in [-0.39, 0.29) is 12.5 Å². The van der Waals surface area contributed by atoms with Gasteiger partial charge in [0.05, 0.1) is 6.61 Å². The van der Waals surface area contributed by atoms with Crippen molar-refractivity contribution in [3.05, 3.63) is 29.8 Å². The summed E-state index contributed by atoms with van der Waals surface area (Å²) in [4.78, 5) is 23.7. The van der Waals surface area contributed by atoms with Crippen molar-refractivity contribution < 1.29 is 14.3 Å². The summed E-state index contributed by atoms with van der Waals surface area (Å²) in [6.07, 6.45) is 0.772. The van der Waals surface area contributed by atoms with Crippen molar-refractivity contribution >= 4 is 17.9 Å². The molecule has 15 heavy (non-hydrogen) atoms. The highest BCUT2D eigenvalue weighted by Crippen LogP contribution is 2.17. The summed E-state index contributed by atoms with van der Waals surface area (Å²) in [5, 5.41) is 0. The van der Waals surface area contributed by atoms with Crippen LogP contribution in [0.4, 0.5) is 5.69 Å². The van der Waals surface area contributed by atoms with Gasteiger partial charge in [0.25, 0.3) is 5.91 Å². The summed E-state index contributed by atoms with van der Waals surface area (Å²) in [6, 6.07) is 7.00. The van der Waals surface area contributed by atoms with E-state index in [4.69, 9.17) is 4.74 Å². The van der Waals surface area contributed by atoms with Crippen LogP contribution in [0.2, 0.25) is 0 Å². The molecule has 0 saturated carbocycles. The lowest BCUT2D eigenvalue weighted by molar-refractivity contribution is -0.125. The Labute approximate surface area is 87.4 Å². The predicted octanol–water partition coefficient (Wildman–Crippen LogP) is 0.862. The number of hydrogen-bond acceptors (Lipinski definition) is 3. The molecular weight excluding hydrogens is 194 g/mol. The van der Waals surface area contributed by atoms with Gasteiger partial charge in [-0.3, -0.25) is 9.59 Å². The first-order valence-electron chi connectivity index (χ1n) is 4.74. The fourth-order valence-corrected chi connectivity index (χ4v) is 1.56. The Hall–Kier alpha value is -1.68. The highest BCUT2D eigenvalue weighted by Gasteiger charge is 2.19. The number of rotatable bonds is 2. The van der Waals surface area contributed by atoms with E-state index in [1.54, 1.807) is 23.1 Å². The van der Waals surface area contributed by atoms with Crippen LogP contribution in [0, 0.1) is 0 Å². The second kappa shape index (κ2) is 4.23. The van der Waals surface area contributed by atoms with E-state index in [1.807, 2.05) is 6.07 Å². The van der Waals surface area contributed by atoms with Crippen LogP contribution in [-0.2, 0) is 9.53 Å². The zero-order chi connectivity index (χ0) is 10.7. The second-order valence-corrected chi connectivity index (χ2v) is 3.31. The van der Waals surface area contributed by atoms with Gasteiger partial charge in [-0.15, -0.1) is 0 Å². The van der Waals surface area contributed by atoms with Gasteiger partial charge in [0.15, 0.2) is 0 Å². The number of morpholine rings is 1. The third-order valence-corrected chi connectivity index (χ3v) is 2.30. The minimum Gasteiger partial charge on any atom is -0.370 e. The maximum Gasteiger partial charge on any atom is 0.253 e. The van der Waals surface area contributed by atoms with Gasteiger partial charge in [-0.05, 0) is 12.1 Å². The van der Waals surface area contributed by atoms with Gasteiger partial charge in [0, 0.05) is 17.8 Å². The fraction of sp³-hybridized carbons (Fsp3) is 0.273. The molecular formula is C11H11NO3. The Morgan fingerprint density at radius 2 is 2.27 bits per heavy atom. The number of carbonyl (C=O) groups excluding carboxylic acids is 2. The SMILES string of the molecule is O=Cc1cccc(N2CCOCC2=O)c1. The lowest BCUT2D eigenvalue weighted by Crippen LogP contribution is -2.41. The summed E-state index contributed by atoms with van der Waals surface area (Å²) in [7, 11) is 0. The molecule has 0 N–H and O–H groups in total. The first kappa shape index (κ1) is 9.86. The maximum atomic E-state index is 11.5. The molecule has 1 aromatic rings. The normalized spacial score (nSPS) is 16.5. The smallest absolute Gasteiger partial charge is 0.253 e. The van der Waals surface area contributed by atoms with Crippen LogP contribution in [0.25, 0.3) is 0 Å². The highest BCUT2D eigenvalue weighted by atomic mass is 16.5. The van der Waals surface area contributed by atoms with Crippen molar-refractivity contribution in [3.63, 3.8) is 0 Å². The molecule has 0 radical (unpaired) electrons. The van der Waals surface area contributed by atoms with Crippen molar-refractivity contribution in [3.8, 4) is 0 Å². The van der Waals surface area contributed by atoms with Gasteiger partial charge >= 0.3 is 0 Å². The monoisotopic (exact) mass is 205 g/mol. The third-order valence-electron chi connectivity index (χ3n) is 2.30. The molecule has 0 spiro atoms. The molecule has 4 nitrogen and oxygen atoms in total. The van der Waals surface area contributed by atoms with Crippen molar-refractivity contribution in [2.45, 2.75) is 0 Å². The van der Waals surface area contributed by atoms with E-state index in [2.05, 4.69) is 0 Å². The topological polar surface area (TPSA) is 46.6 Å². The van der Waals surface area contributed by atoms with Gasteiger partial charge in [-0.25, -0.2) is 0 Å². The summed E-state index contributed by atoms with van der Waals surface area (Å²) < 4.78 is 5.03. The van der Waals surface area contributed by atoms with Crippen molar-refractivity contribution in [1.82, 2.24) is 0 Å². The molecule has 1 aliphatic heterocycles. The molecule has 1 aromatic carbocycles. The molecule has 1 aliphatic rings. The Kier molecular flexibility index (Phi) is 2.78. The second-order valence-electron chi connectivity index (χ2n) is 3.31. The average molecular weight is 205 g/mol. The molecule has 78 valence electrons. The van der Waals surface area contributed by atoms with Gasteiger partial charge in [0.2, 0.25) is 0 Å². The Bertz CT molecular complexity index is 389. The van der Waals surface area contributed by atoms with Gasteiger partial charge < -0.3 is 9.64 Å². The quantitative estimate of drug-likeness (QED) is 0.673. The molecule has 2 rings (SSSR count). The zero-order valence-electron chi connectivity index (χ0n) is 8.18. The molecule has 0 unspecified atom stereocenters. The number of ether oxygens (including phenoxy) is 1. The lowest BCUT2D eigenvalue weighted by Gasteiger charge is -2.26. The van der Waals surface area contributed by atoms with E-state index in [0.29, 0.717) is 18.7 Å². The van der Waals surface area contributed by atoms with Crippen molar-refractivity contribution in [2.75, 3.05) is 24.7 Å². The van der Waals surface area contributed by atoms with E-state index in [1.165, 1.54) is 0 Å². The average Bonchev–Trinajstić information content (AvgIpc) is 2.30. The lowest BCUT2D eigenvalue weighted by atomic mass is 10.2. The number of carbonyl (C=O) groups is 2. The van der Waals surface area contributed by atoms with Crippen LogP contribution in [0.3, 0.4) is 0 Å². The molecule has 0 atom stereocenters. The molecule has 4 heteroatoms. The summed E-state index contributed by atoms with van der Waals surface area (Å²) >= 11 is 0. The Morgan fingerprint density at radius 1 is 1.40 bits per heavy atom. The number of anilines is 1. The Morgan fingerprint density at radius 3 is 3.00 bits per heavy atom.